The zero-order valence-electron chi connectivity index (χ0n) is 19.3. The van der Waals surface area contributed by atoms with Crippen molar-refractivity contribution in [1.82, 2.24) is 25.0 Å². The van der Waals surface area contributed by atoms with Gasteiger partial charge in [-0.25, -0.2) is 13.5 Å². The van der Waals surface area contributed by atoms with E-state index in [4.69, 9.17) is 4.74 Å². The highest BCUT2D eigenvalue weighted by molar-refractivity contribution is 5.46. The van der Waals surface area contributed by atoms with Crippen LogP contribution >= 0.6 is 0 Å². The minimum atomic E-state index is -1.54. The quantitative estimate of drug-likeness (QED) is 0.547. The predicted molar refractivity (Wildman–Crippen MR) is 122 cm³/mol. The van der Waals surface area contributed by atoms with Crippen molar-refractivity contribution in [2.24, 2.45) is 11.8 Å². The first-order chi connectivity index (χ1) is 17.0. The van der Waals surface area contributed by atoms with Gasteiger partial charge in [0.05, 0.1) is 17.6 Å². The molecule has 1 aromatic carbocycles. The van der Waals surface area contributed by atoms with Crippen LogP contribution < -0.4 is 15.0 Å². The number of nitrogens with zero attached hydrogens (tertiary/aromatic N) is 6. The topological polar surface area (TPSA) is 81.0 Å². The highest BCUT2D eigenvalue weighted by Crippen LogP contribution is 2.40. The summed E-state index contributed by atoms with van der Waals surface area (Å²) >= 11 is 0. The molecular formula is C24H26F3N7O. The maximum atomic E-state index is 14.2. The van der Waals surface area contributed by atoms with Crippen LogP contribution in [0.25, 0.3) is 0 Å². The third kappa shape index (κ3) is 4.06. The van der Waals surface area contributed by atoms with Gasteiger partial charge in [0, 0.05) is 25.7 Å². The van der Waals surface area contributed by atoms with Crippen molar-refractivity contribution >= 4 is 11.6 Å². The van der Waals surface area contributed by atoms with Gasteiger partial charge in [-0.3, -0.25) is 0 Å². The van der Waals surface area contributed by atoms with E-state index in [0.29, 0.717) is 36.6 Å². The molecule has 4 heterocycles. The summed E-state index contributed by atoms with van der Waals surface area (Å²) < 4.78 is 48.6. The number of nitrogens with one attached hydrogen (secondary N) is 1. The second-order valence-electron chi connectivity index (χ2n) is 9.67. The number of hydrogen-bond acceptors (Lipinski definition) is 7. The zero-order chi connectivity index (χ0) is 24.1. The molecule has 0 radical (unpaired) electrons. The Hall–Kier alpha value is -3.37. The number of anilines is 2. The molecule has 35 heavy (non-hydrogen) atoms. The number of fused-ring (bicyclic) bond motifs is 3. The molecule has 2 fully saturated rings. The first-order valence-electron chi connectivity index (χ1n) is 12.0. The van der Waals surface area contributed by atoms with Gasteiger partial charge in [-0.2, -0.15) is 19.6 Å². The van der Waals surface area contributed by atoms with Crippen molar-refractivity contribution in [1.29, 1.82) is 0 Å². The van der Waals surface area contributed by atoms with Gasteiger partial charge in [0.25, 0.3) is 0 Å². The molecule has 6 rings (SSSR count). The van der Waals surface area contributed by atoms with Crippen molar-refractivity contribution in [3.05, 3.63) is 53.4 Å². The van der Waals surface area contributed by atoms with Crippen molar-refractivity contribution in [2.75, 3.05) is 23.3 Å². The molecule has 1 aliphatic carbocycles. The summed E-state index contributed by atoms with van der Waals surface area (Å²) in [5.41, 5.74) is 2.01. The average molecular weight is 486 g/mol. The number of benzene rings is 1. The van der Waals surface area contributed by atoms with E-state index < -0.39 is 23.6 Å². The van der Waals surface area contributed by atoms with E-state index in [2.05, 4.69) is 36.6 Å². The van der Waals surface area contributed by atoms with Gasteiger partial charge in [0.15, 0.2) is 29.3 Å². The molecule has 0 spiro atoms. The number of rotatable bonds is 5. The van der Waals surface area contributed by atoms with E-state index in [9.17, 15) is 13.2 Å². The molecule has 1 saturated carbocycles. The molecule has 1 unspecified atom stereocenters. The van der Waals surface area contributed by atoms with Crippen LogP contribution in [0.4, 0.5) is 24.8 Å². The van der Waals surface area contributed by atoms with Crippen molar-refractivity contribution in [3.63, 3.8) is 0 Å². The molecule has 2 aliphatic heterocycles. The minimum Gasteiger partial charge on any atom is -0.479 e. The van der Waals surface area contributed by atoms with Gasteiger partial charge in [-0.15, -0.1) is 5.10 Å². The summed E-state index contributed by atoms with van der Waals surface area (Å²) in [7, 11) is 0. The Balaban J connectivity index is 1.17. The monoisotopic (exact) mass is 485 g/mol. The molecular weight excluding hydrogens is 459 g/mol. The Morgan fingerprint density at radius 3 is 2.63 bits per heavy atom. The summed E-state index contributed by atoms with van der Waals surface area (Å²) in [4.78, 5) is 7.05. The van der Waals surface area contributed by atoms with Gasteiger partial charge in [0.1, 0.15) is 0 Å². The maximum absolute atomic E-state index is 14.2. The minimum absolute atomic E-state index is 0.259. The van der Waals surface area contributed by atoms with Crippen LogP contribution in [0.5, 0.6) is 5.75 Å². The van der Waals surface area contributed by atoms with Gasteiger partial charge >= 0.3 is 0 Å². The van der Waals surface area contributed by atoms with E-state index in [1.54, 1.807) is 4.68 Å². The Morgan fingerprint density at radius 1 is 1.06 bits per heavy atom. The Kier molecular flexibility index (Phi) is 5.49. The van der Waals surface area contributed by atoms with E-state index in [0.717, 1.165) is 55.9 Å². The fourth-order valence-corrected chi connectivity index (χ4v) is 5.69. The average Bonchev–Trinajstić information content (AvgIpc) is 3.36. The van der Waals surface area contributed by atoms with E-state index in [1.807, 2.05) is 13.1 Å². The van der Waals surface area contributed by atoms with Crippen LogP contribution in [0, 0.1) is 36.2 Å². The van der Waals surface area contributed by atoms with Crippen LogP contribution in [0.1, 0.15) is 43.3 Å². The van der Waals surface area contributed by atoms with Crippen molar-refractivity contribution in [3.8, 4) is 5.75 Å². The molecule has 11 heteroatoms. The Morgan fingerprint density at radius 2 is 1.86 bits per heavy atom. The lowest BCUT2D eigenvalue weighted by atomic mass is 9.92. The van der Waals surface area contributed by atoms with Gasteiger partial charge in [0.2, 0.25) is 11.8 Å². The molecule has 2 aromatic heterocycles. The maximum Gasteiger partial charge on any atom is 0.242 e. The lowest BCUT2D eigenvalue weighted by Gasteiger charge is -2.39. The van der Waals surface area contributed by atoms with E-state index in [1.165, 1.54) is 0 Å². The molecule has 1 saturated heterocycles. The Labute approximate surface area is 200 Å². The molecule has 3 aromatic rings. The van der Waals surface area contributed by atoms with Gasteiger partial charge in [-0.1, -0.05) is 0 Å². The first-order valence-corrected chi connectivity index (χ1v) is 12.0. The molecule has 0 amide bonds. The van der Waals surface area contributed by atoms with Gasteiger partial charge < -0.3 is 15.0 Å². The molecule has 3 aliphatic rings. The van der Waals surface area contributed by atoms with Crippen LogP contribution in [0.3, 0.4) is 0 Å². The molecule has 1 N–H and O–H groups in total. The van der Waals surface area contributed by atoms with Gasteiger partial charge in [-0.05, 0) is 62.6 Å². The number of ether oxygens (including phenoxy) is 1. The second kappa shape index (κ2) is 8.69. The largest absolute Gasteiger partial charge is 0.479 e. The fraction of sp³-hybridized carbons (Fsp3) is 0.500. The third-order valence-corrected chi connectivity index (χ3v) is 7.35. The number of aromatic nitrogens is 5. The summed E-state index contributed by atoms with van der Waals surface area (Å²) in [5, 5.41) is 16.4. The van der Waals surface area contributed by atoms with Crippen molar-refractivity contribution < 1.29 is 17.9 Å². The summed E-state index contributed by atoms with van der Waals surface area (Å²) in [6.45, 7) is 4.47. The standard InChI is InChI=1S/C24H26F3N7O/c1-13-9-16(10-28-31-13)33-11-14-4-5-15(12-33)22(14)29-24-30-23-19(3-2-8-34(23)32-24)35-18-7-6-17(25)20(26)21(18)27/h6-7,9-10,14-15,19,22H,2-5,8,11-12H2,1H3,(H,29,32)/t14-,15+,19-,22?/m1/s1. The SMILES string of the molecule is Cc1cc(N2C[C@H]3CC[C@@H](C2)C3Nc2nc3n(n2)CCC[C@H]3Oc2ccc(F)c(F)c2F)cnn1. The Bertz CT molecular complexity index is 1240. The summed E-state index contributed by atoms with van der Waals surface area (Å²) in [6.07, 6.45) is 4.83. The van der Waals surface area contributed by atoms with Crippen LogP contribution in [-0.4, -0.2) is 44.1 Å². The number of piperidine rings is 1. The first kappa shape index (κ1) is 22.1. The van der Waals surface area contributed by atoms with Crippen LogP contribution in [-0.2, 0) is 6.54 Å². The van der Waals surface area contributed by atoms with Crippen molar-refractivity contribution in [2.45, 2.75) is 51.3 Å². The normalized spacial score (nSPS) is 25.4. The second-order valence-corrected chi connectivity index (χ2v) is 9.67. The number of halogens is 3. The summed E-state index contributed by atoms with van der Waals surface area (Å²) in [6, 6.07) is 4.30. The zero-order valence-corrected chi connectivity index (χ0v) is 19.3. The highest BCUT2D eigenvalue weighted by Gasteiger charge is 2.43. The summed E-state index contributed by atoms with van der Waals surface area (Å²) in [5.74, 6) is -2.46. The highest BCUT2D eigenvalue weighted by atomic mass is 19.2. The molecule has 184 valence electrons. The number of aryl methyl sites for hydroxylation is 2. The predicted octanol–water partition coefficient (Wildman–Crippen LogP) is 4.03. The number of hydrogen-bond donors (Lipinski definition) is 1. The van der Waals surface area contributed by atoms with Crippen LogP contribution in [0.15, 0.2) is 24.4 Å². The van der Waals surface area contributed by atoms with Crippen LogP contribution in [0.2, 0.25) is 0 Å². The molecule has 4 atom stereocenters. The molecule has 8 nitrogen and oxygen atoms in total. The molecule has 2 bridgehead atoms. The lowest BCUT2D eigenvalue weighted by Crippen LogP contribution is -2.48. The third-order valence-electron chi connectivity index (χ3n) is 7.35. The smallest absolute Gasteiger partial charge is 0.242 e. The van der Waals surface area contributed by atoms with E-state index >= 15 is 0 Å². The lowest BCUT2D eigenvalue weighted by molar-refractivity contribution is 0.147. The van der Waals surface area contributed by atoms with E-state index in [-0.39, 0.29) is 11.8 Å². The fourth-order valence-electron chi connectivity index (χ4n) is 5.69.